The Bertz CT molecular complexity index is 1500. The predicted molar refractivity (Wildman–Crippen MR) is 139 cm³/mol. The standard InChI is InChI=1S/C26H29N7O3/c1-29-24-23(25(35)30(2)26(29)36)27-18-33(24)17-22(34)28-20-8-10-21(11-9-20)32-14-12-31(13-15-32)16-19-6-4-3-5-7-19/h3-11,18H,12-17H2,1-2H3,(H,28,34). The monoisotopic (exact) mass is 487 g/mol. The third-order valence-electron chi connectivity index (χ3n) is 6.66. The quantitative estimate of drug-likeness (QED) is 0.442. The molecule has 4 aromatic rings. The molecule has 0 bridgehead atoms. The van der Waals surface area contributed by atoms with Crippen molar-refractivity contribution < 1.29 is 4.79 Å². The smallest absolute Gasteiger partial charge is 0.332 e. The van der Waals surface area contributed by atoms with E-state index in [1.54, 1.807) is 7.05 Å². The number of rotatable bonds is 6. The van der Waals surface area contributed by atoms with Gasteiger partial charge in [-0.3, -0.25) is 23.6 Å². The predicted octanol–water partition coefficient (Wildman–Crippen LogP) is 1.39. The molecule has 0 radical (unpaired) electrons. The topological polar surface area (TPSA) is 97.4 Å². The summed E-state index contributed by atoms with van der Waals surface area (Å²) in [6, 6.07) is 18.3. The summed E-state index contributed by atoms with van der Waals surface area (Å²) in [5.74, 6) is -0.273. The van der Waals surface area contributed by atoms with Crippen LogP contribution in [0.5, 0.6) is 0 Å². The highest BCUT2D eigenvalue weighted by Gasteiger charge is 2.18. The second-order valence-corrected chi connectivity index (χ2v) is 9.09. The largest absolute Gasteiger partial charge is 0.369 e. The van der Waals surface area contributed by atoms with Crippen LogP contribution in [0, 0.1) is 0 Å². The first-order chi connectivity index (χ1) is 17.4. The first-order valence-corrected chi connectivity index (χ1v) is 11.9. The maximum absolute atomic E-state index is 12.7. The fraction of sp³-hybridized carbons (Fsp3) is 0.308. The molecule has 10 heteroatoms. The second kappa shape index (κ2) is 9.82. The highest BCUT2D eigenvalue weighted by atomic mass is 16.2. The van der Waals surface area contributed by atoms with Crippen molar-refractivity contribution >= 4 is 28.4 Å². The molecule has 1 aliphatic rings. The Morgan fingerprint density at radius 1 is 0.917 bits per heavy atom. The van der Waals surface area contributed by atoms with Crippen molar-refractivity contribution in [2.24, 2.45) is 14.1 Å². The van der Waals surface area contributed by atoms with Gasteiger partial charge >= 0.3 is 5.69 Å². The van der Waals surface area contributed by atoms with E-state index in [1.807, 2.05) is 30.3 Å². The molecule has 1 aliphatic heterocycles. The van der Waals surface area contributed by atoms with Crippen LogP contribution in [0.2, 0.25) is 0 Å². The van der Waals surface area contributed by atoms with Crippen LogP contribution in [0.15, 0.2) is 70.5 Å². The van der Waals surface area contributed by atoms with Crippen LogP contribution in [0.3, 0.4) is 0 Å². The Morgan fingerprint density at radius 3 is 2.31 bits per heavy atom. The number of imidazole rings is 1. The zero-order valence-corrected chi connectivity index (χ0v) is 20.4. The molecule has 0 saturated carbocycles. The van der Waals surface area contributed by atoms with Gasteiger partial charge in [-0.2, -0.15) is 0 Å². The van der Waals surface area contributed by atoms with Gasteiger partial charge in [-0.1, -0.05) is 30.3 Å². The van der Waals surface area contributed by atoms with Crippen molar-refractivity contribution in [1.82, 2.24) is 23.6 Å². The number of piperazine rings is 1. The molecule has 10 nitrogen and oxygen atoms in total. The summed E-state index contributed by atoms with van der Waals surface area (Å²) in [5, 5.41) is 2.88. The number of aryl methyl sites for hydroxylation is 1. The average Bonchev–Trinajstić information content (AvgIpc) is 3.31. The van der Waals surface area contributed by atoms with Gasteiger partial charge in [-0.25, -0.2) is 9.78 Å². The minimum atomic E-state index is -0.483. The number of nitrogens with one attached hydrogen (secondary N) is 1. The second-order valence-electron chi connectivity index (χ2n) is 9.09. The Labute approximate surface area is 208 Å². The normalized spacial score (nSPS) is 14.3. The maximum Gasteiger partial charge on any atom is 0.332 e. The first kappa shape index (κ1) is 23.6. The number of aromatic nitrogens is 4. The molecule has 3 heterocycles. The number of hydrogen-bond acceptors (Lipinski definition) is 6. The van der Waals surface area contributed by atoms with Crippen LogP contribution in [-0.4, -0.2) is 55.7 Å². The lowest BCUT2D eigenvalue weighted by atomic mass is 10.2. The molecule has 1 fully saturated rings. The van der Waals surface area contributed by atoms with E-state index < -0.39 is 11.2 Å². The number of amides is 1. The van der Waals surface area contributed by atoms with E-state index >= 15 is 0 Å². The number of hydrogen-bond donors (Lipinski definition) is 1. The minimum absolute atomic E-state index is 0.0674. The molecule has 1 amide bonds. The lowest BCUT2D eigenvalue weighted by Gasteiger charge is -2.36. The lowest BCUT2D eigenvalue weighted by molar-refractivity contribution is -0.116. The Kier molecular flexibility index (Phi) is 6.43. The van der Waals surface area contributed by atoms with E-state index in [2.05, 4.69) is 44.4 Å². The Hall–Kier alpha value is -4.18. The molecular weight excluding hydrogens is 458 g/mol. The van der Waals surface area contributed by atoms with Crippen molar-refractivity contribution in [2.75, 3.05) is 36.4 Å². The molecule has 0 spiro atoms. The summed E-state index contributed by atoms with van der Waals surface area (Å²) in [6.07, 6.45) is 1.41. The summed E-state index contributed by atoms with van der Waals surface area (Å²) in [4.78, 5) is 46.2. The summed E-state index contributed by atoms with van der Waals surface area (Å²) < 4.78 is 3.84. The molecule has 1 N–H and O–H groups in total. The third kappa shape index (κ3) is 4.67. The van der Waals surface area contributed by atoms with E-state index in [4.69, 9.17) is 0 Å². The number of fused-ring (bicyclic) bond motifs is 1. The van der Waals surface area contributed by atoms with Crippen molar-refractivity contribution in [2.45, 2.75) is 13.1 Å². The number of carbonyl (C=O) groups is 1. The average molecular weight is 488 g/mol. The van der Waals surface area contributed by atoms with E-state index in [-0.39, 0.29) is 18.0 Å². The van der Waals surface area contributed by atoms with E-state index in [9.17, 15) is 14.4 Å². The van der Waals surface area contributed by atoms with Crippen LogP contribution in [0.4, 0.5) is 11.4 Å². The van der Waals surface area contributed by atoms with Crippen LogP contribution in [-0.2, 0) is 32.0 Å². The summed E-state index contributed by atoms with van der Waals surface area (Å²) in [7, 11) is 2.96. The molecule has 36 heavy (non-hydrogen) atoms. The maximum atomic E-state index is 12.7. The summed E-state index contributed by atoms with van der Waals surface area (Å²) in [5.41, 5.74) is 2.66. The Morgan fingerprint density at radius 2 is 1.61 bits per heavy atom. The fourth-order valence-corrected chi connectivity index (χ4v) is 4.67. The van der Waals surface area contributed by atoms with E-state index in [0.29, 0.717) is 11.3 Å². The van der Waals surface area contributed by atoms with Crippen molar-refractivity contribution in [3.63, 3.8) is 0 Å². The molecule has 1 saturated heterocycles. The summed E-state index contributed by atoms with van der Waals surface area (Å²) in [6.45, 7) is 4.79. The third-order valence-corrected chi connectivity index (χ3v) is 6.66. The minimum Gasteiger partial charge on any atom is -0.369 e. The van der Waals surface area contributed by atoms with Gasteiger partial charge in [0, 0.05) is 58.2 Å². The van der Waals surface area contributed by atoms with Gasteiger partial charge in [0.05, 0.1) is 6.33 Å². The molecule has 2 aromatic carbocycles. The van der Waals surface area contributed by atoms with Gasteiger partial charge in [-0.05, 0) is 29.8 Å². The van der Waals surface area contributed by atoms with E-state index in [1.165, 1.54) is 28.1 Å². The summed E-state index contributed by atoms with van der Waals surface area (Å²) >= 11 is 0. The van der Waals surface area contributed by atoms with Crippen molar-refractivity contribution in [1.29, 1.82) is 0 Å². The van der Waals surface area contributed by atoms with Crippen LogP contribution in [0.1, 0.15) is 5.56 Å². The van der Waals surface area contributed by atoms with Gasteiger partial charge in [0.15, 0.2) is 5.52 Å². The fourth-order valence-electron chi connectivity index (χ4n) is 4.67. The highest BCUT2D eigenvalue weighted by molar-refractivity contribution is 5.91. The molecule has 0 unspecified atom stereocenters. The molecule has 0 aliphatic carbocycles. The molecule has 0 atom stereocenters. The van der Waals surface area contributed by atoms with E-state index in [0.717, 1.165) is 43.0 Å². The lowest BCUT2D eigenvalue weighted by Crippen LogP contribution is -2.45. The van der Waals surface area contributed by atoms with Crippen molar-refractivity contribution in [3.05, 3.63) is 87.3 Å². The van der Waals surface area contributed by atoms with Crippen molar-refractivity contribution in [3.8, 4) is 0 Å². The number of anilines is 2. The zero-order chi connectivity index (χ0) is 25.2. The molecular formula is C26H29N7O3. The Balaban J connectivity index is 1.19. The SMILES string of the molecule is Cn1c(=O)c2ncn(CC(=O)Nc3ccc(N4CCN(Cc5ccccc5)CC4)cc3)c2n(C)c1=O. The van der Waals surface area contributed by atoms with Gasteiger partial charge in [0.2, 0.25) is 5.91 Å². The molecule has 186 valence electrons. The zero-order valence-electron chi connectivity index (χ0n) is 20.4. The van der Waals surface area contributed by atoms with Gasteiger partial charge < -0.3 is 14.8 Å². The highest BCUT2D eigenvalue weighted by Crippen LogP contribution is 2.20. The molecule has 2 aromatic heterocycles. The van der Waals surface area contributed by atoms with Gasteiger partial charge in [0.25, 0.3) is 5.56 Å². The van der Waals surface area contributed by atoms with Crippen LogP contribution in [0.25, 0.3) is 11.2 Å². The first-order valence-electron chi connectivity index (χ1n) is 11.9. The van der Waals surface area contributed by atoms with Crippen LogP contribution >= 0.6 is 0 Å². The van der Waals surface area contributed by atoms with Gasteiger partial charge in [-0.15, -0.1) is 0 Å². The number of nitrogens with zero attached hydrogens (tertiary/aromatic N) is 6. The van der Waals surface area contributed by atoms with Gasteiger partial charge in [0.1, 0.15) is 12.2 Å². The van der Waals surface area contributed by atoms with Crippen LogP contribution < -0.4 is 21.5 Å². The molecule has 5 rings (SSSR count). The number of benzene rings is 2. The number of carbonyl (C=O) groups excluding carboxylic acids is 1.